The Labute approximate surface area is 480 Å². The van der Waals surface area contributed by atoms with Crippen molar-refractivity contribution in [2.75, 3.05) is 4.90 Å². The van der Waals surface area contributed by atoms with Gasteiger partial charge >= 0.3 is 0 Å². The fourth-order valence-electron chi connectivity index (χ4n) is 12.8. The SMILES string of the molecule is c1ccc(-c2ccc(N(c3cccc(-c4ccc5c6ccccc6c6c(-c7ccccc7)c(-c7ccccc7)oc6c5c4)c3)c3cccc(-c4ccc5c6ccccc6c6oc(-c7ccccc7)c(-c7ccccc7)c6c5c4)c3)cc2)cc1. The molecule has 0 aliphatic heterocycles. The number of furan rings is 2. The van der Waals surface area contributed by atoms with Gasteiger partial charge in [-0.3, -0.25) is 0 Å². The lowest BCUT2D eigenvalue weighted by molar-refractivity contribution is 0.635. The molecule has 3 heteroatoms. The van der Waals surface area contributed by atoms with Gasteiger partial charge in [0.2, 0.25) is 0 Å². The molecule has 14 aromatic carbocycles. The summed E-state index contributed by atoms with van der Waals surface area (Å²) in [5.74, 6) is 1.74. The largest absolute Gasteiger partial charge is 0.455 e. The lowest BCUT2D eigenvalue weighted by atomic mass is 9.90. The van der Waals surface area contributed by atoms with E-state index in [4.69, 9.17) is 8.83 Å². The smallest absolute Gasteiger partial charge is 0.143 e. The van der Waals surface area contributed by atoms with Gasteiger partial charge < -0.3 is 13.7 Å². The van der Waals surface area contributed by atoms with Crippen LogP contribution in [-0.2, 0) is 0 Å². The zero-order valence-electron chi connectivity index (χ0n) is 45.2. The molecule has 0 fully saturated rings. The molecule has 0 unspecified atom stereocenters. The number of hydrogen-bond donors (Lipinski definition) is 0. The van der Waals surface area contributed by atoms with Gasteiger partial charge in [-0.1, -0.05) is 261 Å². The molecule has 0 radical (unpaired) electrons. The molecule has 0 bridgehead atoms. The third-order valence-corrected chi connectivity index (χ3v) is 16.6. The molecular formula is C80H51NO2. The second-order valence-corrected chi connectivity index (χ2v) is 21.4. The molecule has 0 aliphatic carbocycles. The van der Waals surface area contributed by atoms with Crippen LogP contribution < -0.4 is 4.90 Å². The van der Waals surface area contributed by atoms with Gasteiger partial charge in [-0.05, 0) is 125 Å². The molecule has 0 spiro atoms. The van der Waals surface area contributed by atoms with Crippen LogP contribution in [0.2, 0.25) is 0 Å². The molecule has 0 saturated heterocycles. The summed E-state index contributed by atoms with van der Waals surface area (Å²) in [5, 5.41) is 11.4. The van der Waals surface area contributed by atoms with Crippen LogP contribution in [0.25, 0.3) is 143 Å². The van der Waals surface area contributed by atoms with Crippen molar-refractivity contribution in [3.05, 3.63) is 309 Å². The van der Waals surface area contributed by atoms with Crippen LogP contribution >= 0.6 is 0 Å². The molecule has 2 aromatic heterocycles. The molecular weight excluding hydrogens is 1010 g/mol. The zero-order valence-corrected chi connectivity index (χ0v) is 45.2. The van der Waals surface area contributed by atoms with E-state index in [-0.39, 0.29) is 0 Å². The van der Waals surface area contributed by atoms with Crippen molar-refractivity contribution in [2.45, 2.75) is 0 Å². The van der Waals surface area contributed by atoms with Crippen LogP contribution in [0.5, 0.6) is 0 Å². The Balaban J connectivity index is 0.869. The number of anilines is 3. The summed E-state index contributed by atoms with van der Waals surface area (Å²) < 4.78 is 14.3. The van der Waals surface area contributed by atoms with Crippen molar-refractivity contribution in [1.29, 1.82) is 0 Å². The van der Waals surface area contributed by atoms with Crippen molar-refractivity contribution in [3.63, 3.8) is 0 Å². The van der Waals surface area contributed by atoms with Crippen LogP contribution in [-0.4, -0.2) is 0 Å². The summed E-state index contributed by atoms with van der Waals surface area (Å²) in [5.41, 5.74) is 18.2. The summed E-state index contributed by atoms with van der Waals surface area (Å²) in [4.78, 5) is 2.39. The summed E-state index contributed by atoms with van der Waals surface area (Å²) in [7, 11) is 0. The van der Waals surface area contributed by atoms with E-state index in [1.807, 2.05) is 0 Å². The molecule has 3 nitrogen and oxygen atoms in total. The Bertz CT molecular complexity index is 5100. The molecule has 0 atom stereocenters. The Hall–Kier alpha value is -11.0. The Morgan fingerprint density at radius 3 is 1.05 bits per heavy atom. The number of benzene rings is 14. The number of hydrogen-bond acceptors (Lipinski definition) is 3. The maximum atomic E-state index is 7.21. The van der Waals surface area contributed by atoms with Crippen LogP contribution in [0.1, 0.15) is 0 Å². The summed E-state index contributed by atoms with van der Waals surface area (Å²) in [6, 6.07) is 111. The minimum atomic E-state index is 0.869. The molecule has 0 aliphatic rings. The highest BCUT2D eigenvalue weighted by Gasteiger charge is 2.26. The average Bonchev–Trinajstić information content (AvgIpc) is 2.45. The quantitative estimate of drug-likeness (QED) is 0.128. The summed E-state index contributed by atoms with van der Waals surface area (Å²) >= 11 is 0. The van der Waals surface area contributed by atoms with Gasteiger partial charge in [-0.2, -0.15) is 0 Å². The highest BCUT2D eigenvalue weighted by atomic mass is 16.3. The number of nitrogens with zero attached hydrogens (tertiary/aromatic N) is 1. The molecule has 16 rings (SSSR count). The van der Waals surface area contributed by atoms with Crippen LogP contribution in [0.15, 0.2) is 318 Å². The van der Waals surface area contributed by atoms with Crippen molar-refractivity contribution < 1.29 is 8.83 Å². The third kappa shape index (κ3) is 8.20. The highest BCUT2D eigenvalue weighted by Crippen LogP contribution is 2.51. The lowest BCUT2D eigenvalue weighted by Gasteiger charge is -2.27. The zero-order chi connectivity index (χ0) is 54.8. The maximum Gasteiger partial charge on any atom is 0.143 e. The topological polar surface area (TPSA) is 29.5 Å². The van der Waals surface area contributed by atoms with E-state index in [1.54, 1.807) is 0 Å². The standard InChI is InChI=1S/C80H51NO2/c1-6-22-52(23-7-1)53-40-44-62(45-41-53)81(63-34-20-32-58(48-63)60-42-46-67-66-37-17-19-39-70(66)79-76(71(67)50-60)74(55-26-10-3-11-27-55)78(82-79)57-30-14-5-15-31-57)64-35-21-33-59(49-64)61-43-47-68-65-36-16-18-38-69(65)75-73(54-24-8-2-9-25-54)77(56-28-12-4-13-29-56)83-80(75)72(68)51-61/h1-51H. The van der Waals surface area contributed by atoms with Gasteiger partial charge in [0, 0.05) is 60.9 Å². The molecule has 83 heavy (non-hydrogen) atoms. The third-order valence-electron chi connectivity index (χ3n) is 16.6. The van der Waals surface area contributed by atoms with Gasteiger partial charge in [-0.25, -0.2) is 0 Å². The molecule has 16 aromatic rings. The van der Waals surface area contributed by atoms with E-state index >= 15 is 0 Å². The maximum absolute atomic E-state index is 7.21. The van der Waals surface area contributed by atoms with Gasteiger partial charge in [0.25, 0.3) is 0 Å². The second-order valence-electron chi connectivity index (χ2n) is 21.4. The van der Waals surface area contributed by atoms with E-state index in [2.05, 4.69) is 314 Å². The van der Waals surface area contributed by atoms with Crippen LogP contribution in [0.4, 0.5) is 17.1 Å². The van der Waals surface area contributed by atoms with E-state index < -0.39 is 0 Å². The van der Waals surface area contributed by atoms with E-state index in [0.29, 0.717) is 0 Å². The van der Waals surface area contributed by atoms with Gasteiger partial charge in [0.1, 0.15) is 22.7 Å². The fraction of sp³-hybridized carbons (Fsp3) is 0. The van der Waals surface area contributed by atoms with Crippen molar-refractivity contribution in [1.82, 2.24) is 0 Å². The minimum Gasteiger partial charge on any atom is -0.455 e. The minimum absolute atomic E-state index is 0.869. The second kappa shape index (κ2) is 20.0. The van der Waals surface area contributed by atoms with Crippen molar-refractivity contribution in [2.24, 2.45) is 0 Å². The predicted molar refractivity (Wildman–Crippen MR) is 349 cm³/mol. The first-order valence-electron chi connectivity index (χ1n) is 28.4. The molecule has 0 N–H and O–H groups in total. The van der Waals surface area contributed by atoms with Gasteiger partial charge in [-0.15, -0.1) is 0 Å². The van der Waals surface area contributed by atoms with Crippen LogP contribution in [0.3, 0.4) is 0 Å². The highest BCUT2D eigenvalue weighted by molar-refractivity contribution is 6.30. The normalized spacial score (nSPS) is 11.6. The van der Waals surface area contributed by atoms with Gasteiger partial charge in [0.05, 0.1) is 0 Å². The average molecular weight is 1060 g/mol. The fourth-order valence-corrected chi connectivity index (χ4v) is 12.8. The molecule has 2 heterocycles. The first-order valence-corrected chi connectivity index (χ1v) is 28.4. The van der Waals surface area contributed by atoms with E-state index in [9.17, 15) is 0 Å². The summed E-state index contributed by atoms with van der Waals surface area (Å²) in [6.07, 6.45) is 0. The Morgan fingerprint density at radius 2 is 0.530 bits per heavy atom. The number of fused-ring (bicyclic) bond motifs is 12. The first-order chi connectivity index (χ1) is 41.2. The van der Waals surface area contributed by atoms with Crippen molar-refractivity contribution in [3.8, 4) is 78.3 Å². The molecule has 388 valence electrons. The van der Waals surface area contributed by atoms with Crippen LogP contribution in [0, 0.1) is 0 Å². The monoisotopic (exact) mass is 1060 g/mol. The Morgan fingerprint density at radius 1 is 0.193 bits per heavy atom. The first kappa shape index (κ1) is 48.0. The van der Waals surface area contributed by atoms with Gasteiger partial charge in [0.15, 0.2) is 0 Å². The van der Waals surface area contributed by atoms with E-state index in [0.717, 1.165) is 139 Å². The molecule has 0 amide bonds. The Kier molecular flexibility index (Phi) is 11.5. The lowest BCUT2D eigenvalue weighted by Crippen LogP contribution is -2.10. The summed E-state index contributed by atoms with van der Waals surface area (Å²) in [6.45, 7) is 0. The molecule has 0 saturated carbocycles. The predicted octanol–water partition coefficient (Wildman–Crippen LogP) is 22.9. The van der Waals surface area contributed by atoms with E-state index in [1.165, 1.54) is 21.7 Å². The van der Waals surface area contributed by atoms with Crippen molar-refractivity contribution >= 4 is 82.1 Å². The number of rotatable bonds is 10.